The van der Waals surface area contributed by atoms with E-state index in [1.165, 1.54) is 0 Å². The van der Waals surface area contributed by atoms with E-state index in [4.69, 9.17) is 16.7 Å². The minimum atomic E-state index is -0.762. The normalized spacial score (nSPS) is 11.6. The summed E-state index contributed by atoms with van der Waals surface area (Å²) in [4.78, 5) is 10.0. The van der Waals surface area contributed by atoms with Gasteiger partial charge in [-0.1, -0.05) is 11.6 Å². The molecule has 0 rings (SSSR count). The highest BCUT2D eigenvalue weighted by Gasteiger charge is 1.96. The Morgan fingerprint density at radius 1 is 1.60 bits per heavy atom. The summed E-state index contributed by atoms with van der Waals surface area (Å²) in [6, 6.07) is 0. The molecule has 2 nitrogen and oxygen atoms in total. The fourth-order valence-electron chi connectivity index (χ4n) is 0.538. The van der Waals surface area contributed by atoms with Gasteiger partial charge in [0.15, 0.2) is 0 Å². The van der Waals surface area contributed by atoms with Gasteiger partial charge in [-0.3, -0.25) is 4.79 Å². The Hall–Kier alpha value is -0.500. The van der Waals surface area contributed by atoms with Gasteiger partial charge in [-0.2, -0.15) is 0 Å². The monoisotopic (exact) mass is 162 g/mol. The van der Waals surface area contributed by atoms with Gasteiger partial charge >= 0.3 is 5.97 Å². The van der Waals surface area contributed by atoms with E-state index < -0.39 is 5.97 Å². The highest BCUT2D eigenvalue weighted by atomic mass is 35.5. The van der Waals surface area contributed by atoms with Gasteiger partial charge in [0.1, 0.15) is 0 Å². The maximum atomic E-state index is 10.0. The molecule has 0 spiro atoms. The maximum absolute atomic E-state index is 10.0. The van der Waals surface area contributed by atoms with Crippen molar-refractivity contribution >= 4 is 17.6 Å². The molecule has 0 saturated heterocycles. The first kappa shape index (κ1) is 9.50. The van der Waals surface area contributed by atoms with Gasteiger partial charge in [-0.05, 0) is 13.3 Å². The van der Waals surface area contributed by atoms with Crippen LogP contribution in [0, 0.1) is 0 Å². The Kier molecular flexibility index (Phi) is 5.03. The zero-order valence-electron chi connectivity index (χ0n) is 5.93. The number of carbonyl (C=O) groups is 1. The minimum absolute atomic E-state index is 0.194. The van der Waals surface area contributed by atoms with E-state index in [9.17, 15) is 4.79 Å². The molecule has 0 aromatic rings. The summed E-state index contributed by atoms with van der Waals surface area (Å²) in [6.45, 7) is 1.88. The van der Waals surface area contributed by atoms with Gasteiger partial charge in [0.05, 0.1) is 0 Å². The van der Waals surface area contributed by atoms with Crippen molar-refractivity contribution in [1.82, 2.24) is 0 Å². The van der Waals surface area contributed by atoms with Crippen LogP contribution in [-0.4, -0.2) is 17.0 Å². The van der Waals surface area contributed by atoms with Gasteiger partial charge < -0.3 is 5.11 Å². The number of hydrogen-bond acceptors (Lipinski definition) is 1. The third-order valence-electron chi connectivity index (χ3n) is 1.16. The predicted molar refractivity (Wildman–Crippen MR) is 41.3 cm³/mol. The summed E-state index contributed by atoms with van der Waals surface area (Å²) in [6.07, 6.45) is 2.62. The van der Waals surface area contributed by atoms with E-state index in [-0.39, 0.29) is 6.42 Å². The molecule has 0 bridgehead atoms. The Morgan fingerprint density at radius 3 is 2.60 bits per heavy atom. The van der Waals surface area contributed by atoms with E-state index in [1.807, 2.05) is 13.0 Å². The number of aliphatic carboxylic acids is 1. The summed E-state index contributed by atoms with van der Waals surface area (Å²) >= 11 is 5.39. The zero-order valence-corrected chi connectivity index (χ0v) is 6.69. The third-order valence-corrected chi connectivity index (χ3v) is 1.31. The Labute approximate surface area is 65.5 Å². The molecule has 3 heteroatoms. The standard InChI is InChI=1S/C7H11ClO2/c1-6(4-5-8)2-3-7(9)10/h4H,2-3,5H2,1H3,(H,9,10)/b6-4+. The Bertz CT molecular complexity index is 141. The van der Waals surface area contributed by atoms with Crippen molar-refractivity contribution < 1.29 is 9.90 Å². The van der Waals surface area contributed by atoms with Crippen molar-refractivity contribution in [1.29, 1.82) is 0 Å². The number of carboxylic acids is 1. The molecule has 0 unspecified atom stereocenters. The molecule has 0 aliphatic rings. The Balaban J connectivity index is 3.48. The fraction of sp³-hybridized carbons (Fsp3) is 0.571. The lowest BCUT2D eigenvalue weighted by molar-refractivity contribution is -0.136. The average molecular weight is 163 g/mol. The summed E-state index contributed by atoms with van der Waals surface area (Å²) in [5.41, 5.74) is 1.04. The number of rotatable bonds is 4. The van der Waals surface area contributed by atoms with Gasteiger partial charge in [-0.25, -0.2) is 0 Å². The molecular formula is C7H11ClO2. The average Bonchev–Trinajstić information content (AvgIpc) is 1.85. The molecular weight excluding hydrogens is 152 g/mol. The summed E-state index contributed by atoms with van der Waals surface area (Å²) in [5.74, 6) is -0.298. The second-order valence-electron chi connectivity index (χ2n) is 2.10. The molecule has 0 fully saturated rings. The zero-order chi connectivity index (χ0) is 7.98. The van der Waals surface area contributed by atoms with E-state index in [2.05, 4.69) is 0 Å². The number of allylic oxidation sites excluding steroid dienone is 2. The van der Waals surface area contributed by atoms with Crippen LogP contribution in [0.25, 0.3) is 0 Å². The van der Waals surface area contributed by atoms with Gasteiger partial charge in [0, 0.05) is 12.3 Å². The van der Waals surface area contributed by atoms with Crippen LogP contribution in [0.5, 0.6) is 0 Å². The number of halogens is 1. The molecule has 0 heterocycles. The van der Waals surface area contributed by atoms with Crippen LogP contribution in [0.3, 0.4) is 0 Å². The SMILES string of the molecule is C/C(=C\CCl)CCC(=O)O. The molecule has 0 amide bonds. The van der Waals surface area contributed by atoms with E-state index >= 15 is 0 Å². The lowest BCUT2D eigenvalue weighted by atomic mass is 10.1. The van der Waals surface area contributed by atoms with Crippen LogP contribution in [0.15, 0.2) is 11.6 Å². The molecule has 0 aromatic heterocycles. The molecule has 0 radical (unpaired) electrons. The van der Waals surface area contributed by atoms with Crippen molar-refractivity contribution in [2.24, 2.45) is 0 Å². The molecule has 10 heavy (non-hydrogen) atoms. The second-order valence-corrected chi connectivity index (χ2v) is 2.41. The van der Waals surface area contributed by atoms with Crippen molar-refractivity contribution in [3.05, 3.63) is 11.6 Å². The highest BCUT2D eigenvalue weighted by Crippen LogP contribution is 2.03. The molecule has 0 atom stereocenters. The Morgan fingerprint density at radius 2 is 2.20 bits per heavy atom. The first-order valence-electron chi connectivity index (χ1n) is 3.10. The minimum Gasteiger partial charge on any atom is -0.481 e. The molecule has 1 N–H and O–H groups in total. The van der Waals surface area contributed by atoms with Crippen LogP contribution in [0.4, 0.5) is 0 Å². The van der Waals surface area contributed by atoms with Crippen LogP contribution in [-0.2, 0) is 4.79 Å². The van der Waals surface area contributed by atoms with Gasteiger partial charge in [-0.15, -0.1) is 11.6 Å². The topological polar surface area (TPSA) is 37.3 Å². The highest BCUT2D eigenvalue weighted by molar-refractivity contribution is 6.18. The van der Waals surface area contributed by atoms with Gasteiger partial charge in [0.2, 0.25) is 0 Å². The van der Waals surface area contributed by atoms with Gasteiger partial charge in [0.25, 0.3) is 0 Å². The maximum Gasteiger partial charge on any atom is 0.303 e. The first-order chi connectivity index (χ1) is 4.66. The lowest BCUT2D eigenvalue weighted by Crippen LogP contribution is -1.94. The fourth-order valence-corrected chi connectivity index (χ4v) is 0.801. The number of hydrogen-bond donors (Lipinski definition) is 1. The van der Waals surface area contributed by atoms with Crippen LogP contribution >= 0.6 is 11.6 Å². The van der Waals surface area contributed by atoms with E-state index in [0.29, 0.717) is 12.3 Å². The number of alkyl halides is 1. The third kappa shape index (κ3) is 5.63. The van der Waals surface area contributed by atoms with Crippen LogP contribution in [0.1, 0.15) is 19.8 Å². The summed E-state index contributed by atoms with van der Waals surface area (Å²) in [5, 5.41) is 8.27. The van der Waals surface area contributed by atoms with Crippen molar-refractivity contribution in [3.8, 4) is 0 Å². The molecule has 0 saturated carbocycles. The quantitative estimate of drug-likeness (QED) is 0.508. The molecule has 0 aliphatic heterocycles. The van der Waals surface area contributed by atoms with E-state index in [1.54, 1.807) is 0 Å². The second kappa shape index (κ2) is 5.30. The largest absolute Gasteiger partial charge is 0.481 e. The molecule has 0 aromatic carbocycles. The van der Waals surface area contributed by atoms with Crippen molar-refractivity contribution in [3.63, 3.8) is 0 Å². The van der Waals surface area contributed by atoms with Crippen molar-refractivity contribution in [2.75, 3.05) is 5.88 Å². The number of carboxylic acid groups (broad SMARTS) is 1. The smallest absolute Gasteiger partial charge is 0.303 e. The molecule has 58 valence electrons. The van der Waals surface area contributed by atoms with Crippen LogP contribution in [0.2, 0.25) is 0 Å². The van der Waals surface area contributed by atoms with Crippen molar-refractivity contribution in [2.45, 2.75) is 19.8 Å². The first-order valence-corrected chi connectivity index (χ1v) is 3.63. The summed E-state index contributed by atoms with van der Waals surface area (Å²) < 4.78 is 0. The lowest BCUT2D eigenvalue weighted by Gasteiger charge is -1.94. The summed E-state index contributed by atoms with van der Waals surface area (Å²) in [7, 11) is 0. The van der Waals surface area contributed by atoms with E-state index in [0.717, 1.165) is 5.57 Å². The predicted octanol–water partition coefficient (Wildman–Crippen LogP) is 2.04. The van der Waals surface area contributed by atoms with Crippen LogP contribution < -0.4 is 0 Å². The molecule has 0 aliphatic carbocycles.